The first-order valence-electron chi connectivity index (χ1n) is 10.2. The summed E-state index contributed by atoms with van der Waals surface area (Å²) in [7, 11) is -3.89. The van der Waals surface area contributed by atoms with Crippen LogP contribution in [0.3, 0.4) is 0 Å². The number of rotatable bonds is 7. The van der Waals surface area contributed by atoms with Gasteiger partial charge in [-0.2, -0.15) is 0 Å². The molecule has 1 unspecified atom stereocenters. The van der Waals surface area contributed by atoms with Crippen LogP contribution in [0.1, 0.15) is 40.0 Å². The first-order chi connectivity index (χ1) is 15.6. The van der Waals surface area contributed by atoms with Gasteiger partial charge in [0, 0.05) is 5.69 Å². The van der Waals surface area contributed by atoms with Gasteiger partial charge in [-0.15, -0.1) is 0 Å². The van der Waals surface area contributed by atoms with E-state index in [1.165, 1.54) is 0 Å². The number of carbonyl (C=O) groups is 2. The summed E-state index contributed by atoms with van der Waals surface area (Å²) in [6, 6.07) is 17.4. The molecule has 3 aromatic rings. The second-order valence-corrected chi connectivity index (χ2v) is 9.38. The number of sulfonamides is 1. The molecule has 0 aliphatic heterocycles. The number of carbonyl (C=O) groups excluding carboxylic acids is 2. The lowest BCUT2D eigenvalue weighted by molar-refractivity contribution is 0.0940. The molecule has 3 amide bonds. The van der Waals surface area contributed by atoms with Crippen molar-refractivity contribution in [3.05, 3.63) is 89.0 Å². The molecule has 3 aromatic carbocycles. The van der Waals surface area contributed by atoms with Crippen molar-refractivity contribution in [1.82, 2.24) is 5.32 Å². The number of urea groups is 1. The van der Waals surface area contributed by atoms with Crippen LogP contribution in [0.25, 0.3) is 0 Å². The largest absolute Gasteiger partial charge is 0.351 e. The molecule has 5 N–H and O–H groups in total. The number of primary amides is 1. The third kappa shape index (κ3) is 5.89. The first kappa shape index (κ1) is 23.8. The zero-order valence-electron chi connectivity index (χ0n) is 18.5. The first-order valence-corrected chi connectivity index (χ1v) is 11.7. The topological polar surface area (TPSA) is 130 Å². The van der Waals surface area contributed by atoms with Gasteiger partial charge >= 0.3 is 6.03 Å². The third-order valence-electron chi connectivity index (χ3n) is 5.07. The van der Waals surface area contributed by atoms with Gasteiger partial charge in [0.05, 0.1) is 22.2 Å². The molecule has 0 spiro atoms. The van der Waals surface area contributed by atoms with Crippen molar-refractivity contribution in [2.75, 3.05) is 10.0 Å². The summed E-state index contributed by atoms with van der Waals surface area (Å²) in [5, 5.41) is 5.35. The minimum Gasteiger partial charge on any atom is -0.351 e. The van der Waals surface area contributed by atoms with E-state index in [9.17, 15) is 18.0 Å². The number of aryl methyl sites for hydroxylation is 2. The molecule has 0 saturated heterocycles. The fourth-order valence-electron chi connectivity index (χ4n) is 3.32. The van der Waals surface area contributed by atoms with E-state index in [1.807, 2.05) is 13.0 Å². The maximum atomic E-state index is 13.0. The van der Waals surface area contributed by atoms with Crippen LogP contribution in [0, 0.1) is 13.8 Å². The average Bonchev–Trinajstić information content (AvgIpc) is 2.75. The number of hydrogen-bond donors (Lipinski definition) is 4. The van der Waals surface area contributed by atoms with Crippen LogP contribution in [0.4, 0.5) is 16.2 Å². The zero-order chi connectivity index (χ0) is 24.2. The van der Waals surface area contributed by atoms with Crippen LogP contribution in [-0.2, 0) is 10.0 Å². The molecule has 0 fully saturated rings. The molecule has 0 aromatic heterocycles. The van der Waals surface area contributed by atoms with E-state index < -0.39 is 22.0 Å². The summed E-state index contributed by atoms with van der Waals surface area (Å²) in [6.45, 7) is 5.34. The van der Waals surface area contributed by atoms with Crippen molar-refractivity contribution in [3.8, 4) is 0 Å². The Hall–Kier alpha value is -3.85. The van der Waals surface area contributed by atoms with E-state index in [0.29, 0.717) is 11.3 Å². The van der Waals surface area contributed by atoms with Gasteiger partial charge < -0.3 is 16.4 Å². The van der Waals surface area contributed by atoms with Crippen molar-refractivity contribution >= 4 is 33.3 Å². The van der Waals surface area contributed by atoms with Gasteiger partial charge in [0.15, 0.2) is 0 Å². The van der Waals surface area contributed by atoms with Crippen LogP contribution in [0.5, 0.6) is 0 Å². The smallest absolute Gasteiger partial charge is 0.316 e. The van der Waals surface area contributed by atoms with E-state index in [4.69, 9.17) is 5.73 Å². The second-order valence-electron chi connectivity index (χ2n) is 7.73. The van der Waals surface area contributed by atoms with Gasteiger partial charge in [-0.1, -0.05) is 36.4 Å². The van der Waals surface area contributed by atoms with E-state index in [1.54, 1.807) is 74.5 Å². The Morgan fingerprint density at radius 1 is 0.939 bits per heavy atom. The van der Waals surface area contributed by atoms with Crippen molar-refractivity contribution in [2.24, 2.45) is 5.73 Å². The molecule has 0 aliphatic carbocycles. The highest BCUT2D eigenvalue weighted by atomic mass is 32.2. The van der Waals surface area contributed by atoms with E-state index in [0.717, 1.165) is 11.1 Å². The molecular weight excluding hydrogens is 440 g/mol. The van der Waals surface area contributed by atoms with Gasteiger partial charge in [-0.25, -0.2) is 13.2 Å². The number of para-hydroxylation sites is 1. The minimum absolute atomic E-state index is 0.163. The monoisotopic (exact) mass is 466 g/mol. The maximum absolute atomic E-state index is 13.0. The van der Waals surface area contributed by atoms with Gasteiger partial charge in [0.25, 0.3) is 15.9 Å². The third-order valence-corrected chi connectivity index (χ3v) is 6.58. The molecule has 1 atom stereocenters. The number of anilines is 2. The van der Waals surface area contributed by atoms with Crippen LogP contribution in [0.2, 0.25) is 0 Å². The summed E-state index contributed by atoms with van der Waals surface area (Å²) in [6.07, 6.45) is 0. The average molecular weight is 467 g/mol. The second kappa shape index (κ2) is 9.74. The Labute approximate surface area is 193 Å². The standard InChI is InChI=1S/C24H26N4O4S/c1-15-8-9-16(2)22(14-15)33(31,32)28-21-7-5-4-6-20(21)23(29)26-17(3)18-10-12-19(13-11-18)27-24(25)30/h4-14,17,28H,1-3H3,(H,26,29)(H3,25,27,30). The molecule has 3 rings (SSSR count). The summed E-state index contributed by atoms with van der Waals surface area (Å²) >= 11 is 0. The molecule has 0 heterocycles. The summed E-state index contributed by atoms with van der Waals surface area (Å²) < 4.78 is 28.6. The lowest BCUT2D eigenvalue weighted by Crippen LogP contribution is -2.28. The normalized spacial score (nSPS) is 12.0. The quantitative estimate of drug-likeness (QED) is 0.418. The van der Waals surface area contributed by atoms with Gasteiger partial charge in [-0.05, 0) is 67.8 Å². The molecule has 0 aliphatic rings. The molecule has 172 valence electrons. The highest BCUT2D eigenvalue weighted by Gasteiger charge is 2.21. The summed E-state index contributed by atoms with van der Waals surface area (Å²) in [5.74, 6) is -0.430. The molecule has 33 heavy (non-hydrogen) atoms. The maximum Gasteiger partial charge on any atom is 0.316 e. The predicted octanol–water partition coefficient (Wildman–Crippen LogP) is 4.09. The van der Waals surface area contributed by atoms with Crippen LogP contribution < -0.4 is 21.1 Å². The molecule has 0 radical (unpaired) electrons. The Morgan fingerprint density at radius 3 is 2.27 bits per heavy atom. The van der Waals surface area contributed by atoms with Crippen LogP contribution in [-0.4, -0.2) is 20.4 Å². The predicted molar refractivity (Wildman–Crippen MR) is 129 cm³/mol. The van der Waals surface area contributed by atoms with Gasteiger partial charge in [0.1, 0.15) is 0 Å². The molecule has 0 bridgehead atoms. The van der Waals surface area contributed by atoms with Gasteiger partial charge in [-0.3, -0.25) is 9.52 Å². The molecule has 0 saturated carbocycles. The lowest BCUT2D eigenvalue weighted by Gasteiger charge is -2.18. The fourth-order valence-corrected chi connectivity index (χ4v) is 4.73. The van der Waals surface area contributed by atoms with Crippen LogP contribution >= 0.6 is 0 Å². The van der Waals surface area contributed by atoms with Crippen molar-refractivity contribution in [1.29, 1.82) is 0 Å². The van der Waals surface area contributed by atoms with E-state index in [-0.39, 0.29) is 22.2 Å². The highest BCUT2D eigenvalue weighted by Crippen LogP contribution is 2.24. The zero-order valence-corrected chi connectivity index (χ0v) is 19.4. The minimum atomic E-state index is -3.89. The SMILES string of the molecule is Cc1ccc(C)c(S(=O)(=O)Nc2ccccc2C(=O)NC(C)c2ccc(NC(N)=O)cc2)c1. The number of hydrogen-bond acceptors (Lipinski definition) is 4. The van der Waals surface area contributed by atoms with E-state index in [2.05, 4.69) is 15.4 Å². The Morgan fingerprint density at radius 2 is 1.61 bits per heavy atom. The fraction of sp³-hybridized carbons (Fsp3) is 0.167. The number of amides is 3. The highest BCUT2D eigenvalue weighted by molar-refractivity contribution is 7.92. The van der Waals surface area contributed by atoms with Crippen molar-refractivity contribution in [2.45, 2.75) is 31.7 Å². The summed E-state index contributed by atoms with van der Waals surface area (Å²) in [4.78, 5) is 24.1. The Balaban J connectivity index is 1.80. The Bertz CT molecular complexity index is 1290. The van der Waals surface area contributed by atoms with Crippen LogP contribution in [0.15, 0.2) is 71.6 Å². The molecule has 9 heteroatoms. The number of nitrogens with one attached hydrogen (secondary N) is 3. The molecular formula is C24H26N4O4S. The molecule has 8 nitrogen and oxygen atoms in total. The van der Waals surface area contributed by atoms with E-state index >= 15 is 0 Å². The Kier molecular flexibility index (Phi) is 7.03. The van der Waals surface area contributed by atoms with Crippen molar-refractivity contribution < 1.29 is 18.0 Å². The van der Waals surface area contributed by atoms with Crippen molar-refractivity contribution in [3.63, 3.8) is 0 Å². The summed E-state index contributed by atoms with van der Waals surface area (Å²) in [5.41, 5.74) is 8.25. The number of nitrogens with two attached hydrogens (primary N) is 1. The number of benzene rings is 3. The van der Waals surface area contributed by atoms with Gasteiger partial charge in [0.2, 0.25) is 0 Å². The lowest BCUT2D eigenvalue weighted by atomic mass is 10.1.